The van der Waals surface area contributed by atoms with E-state index in [1.165, 1.54) is 0 Å². The fourth-order valence-electron chi connectivity index (χ4n) is 1.21. The standard InChI is InChI=1S/C9H16O4.K.Li/c1-4-5-6(2)9(3,7(10)11)8(12)13;;/h6H,4-5H2,1-3H3,(H,10,11)(H,12,13);;/q;2*+1/p-2. The van der Waals surface area contributed by atoms with E-state index in [-0.39, 0.29) is 70.2 Å². The molecule has 0 rings (SSSR count). The van der Waals surface area contributed by atoms with Crippen molar-refractivity contribution >= 4 is 11.9 Å². The van der Waals surface area contributed by atoms with Gasteiger partial charge >= 0.3 is 70.2 Å². The van der Waals surface area contributed by atoms with Crippen molar-refractivity contribution in [2.75, 3.05) is 0 Å². The van der Waals surface area contributed by atoms with Gasteiger partial charge in [0.05, 0.1) is 11.9 Å². The first-order valence-corrected chi connectivity index (χ1v) is 4.30. The van der Waals surface area contributed by atoms with E-state index in [9.17, 15) is 19.8 Å². The number of aliphatic carboxylic acids is 2. The van der Waals surface area contributed by atoms with Gasteiger partial charge in [0.25, 0.3) is 0 Å². The molecule has 0 spiro atoms. The quantitative estimate of drug-likeness (QED) is 0.348. The van der Waals surface area contributed by atoms with Gasteiger partial charge in [-0.05, 0) is 19.3 Å². The normalized spacial score (nSPS) is 11.9. The Morgan fingerprint density at radius 3 is 1.80 bits per heavy atom. The molecule has 15 heavy (non-hydrogen) atoms. The third kappa shape index (κ3) is 5.36. The van der Waals surface area contributed by atoms with Crippen LogP contribution in [-0.2, 0) is 9.59 Å². The molecule has 0 aliphatic heterocycles. The summed E-state index contributed by atoms with van der Waals surface area (Å²) in [5.74, 6) is -3.63. The van der Waals surface area contributed by atoms with Gasteiger partial charge in [0, 0.05) is 5.41 Å². The fraction of sp³-hybridized carbons (Fsp3) is 0.778. The van der Waals surface area contributed by atoms with Crippen LogP contribution in [0.5, 0.6) is 0 Å². The molecular weight excluding hydrogens is 218 g/mol. The largest absolute Gasteiger partial charge is 1.00 e. The van der Waals surface area contributed by atoms with E-state index in [4.69, 9.17) is 0 Å². The molecule has 0 radical (unpaired) electrons. The van der Waals surface area contributed by atoms with Gasteiger partial charge in [-0.1, -0.05) is 20.3 Å². The average Bonchev–Trinajstić information content (AvgIpc) is 2.02. The summed E-state index contributed by atoms with van der Waals surface area (Å²) in [4.78, 5) is 21.3. The second-order valence-corrected chi connectivity index (χ2v) is 3.47. The molecule has 0 saturated carbocycles. The van der Waals surface area contributed by atoms with Crippen molar-refractivity contribution in [2.24, 2.45) is 11.3 Å². The van der Waals surface area contributed by atoms with Crippen LogP contribution in [0.2, 0.25) is 0 Å². The van der Waals surface area contributed by atoms with Crippen LogP contribution in [0, 0.1) is 11.3 Å². The summed E-state index contributed by atoms with van der Waals surface area (Å²) in [5.41, 5.74) is -1.88. The summed E-state index contributed by atoms with van der Waals surface area (Å²) in [6.45, 7) is 4.58. The smallest absolute Gasteiger partial charge is 0.549 e. The molecule has 6 heteroatoms. The van der Waals surface area contributed by atoms with Crippen molar-refractivity contribution in [3.63, 3.8) is 0 Å². The second-order valence-electron chi connectivity index (χ2n) is 3.47. The van der Waals surface area contributed by atoms with E-state index in [0.29, 0.717) is 6.42 Å². The van der Waals surface area contributed by atoms with Crippen molar-refractivity contribution in [1.82, 2.24) is 0 Å². The van der Waals surface area contributed by atoms with Gasteiger partial charge in [-0.3, -0.25) is 0 Å². The third-order valence-electron chi connectivity index (χ3n) is 2.56. The van der Waals surface area contributed by atoms with Gasteiger partial charge in [0.1, 0.15) is 0 Å². The molecule has 0 aromatic rings. The van der Waals surface area contributed by atoms with Crippen LogP contribution in [0.3, 0.4) is 0 Å². The number of carboxylic acids is 2. The van der Waals surface area contributed by atoms with E-state index in [2.05, 4.69) is 0 Å². The Balaban J connectivity index is -0.000000720. The van der Waals surface area contributed by atoms with E-state index >= 15 is 0 Å². The summed E-state index contributed by atoms with van der Waals surface area (Å²) < 4.78 is 0. The topological polar surface area (TPSA) is 80.3 Å². The van der Waals surface area contributed by atoms with E-state index < -0.39 is 23.3 Å². The maximum absolute atomic E-state index is 10.6. The summed E-state index contributed by atoms with van der Waals surface area (Å²) in [6.07, 6.45) is 1.26. The van der Waals surface area contributed by atoms with Gasteiger partial charge in [-0.2, -0.15) is 0 Å². The molecule has 0 aromatic heterocycles. The SMILES string of the molecule is CCCC(C)C(C)(C(=O)[O-])C(=O)[O-].[K+].[Li+]. The summed E-state index contributed by atoms with van der Waals surface area (Å²) in [6, 6.07) is 0. The van der Waals surface area contributed by atoms with Crippen molar-refractivity contribution in [3.05, 3.63) is 0 Å². The Hall–Kier alpha value is 1.17. The number of hydrogen-bond acceptors (Lipinski definition) is 4. The summed E-state index contributed by atoms with van der Waals surface area (Å²) in [7, 11) is 0. The van der Waals surface area contributed by atoms with Crippen molar-refractivity contribution < 1.29 is 90.0 Å². The minimum atomic E-state index is -1.88. The summed E-state index contributed by atoms with van der Waals surface area (Å²) in [5, 5.41) is 21.3. The first kappa shape index (κ1) is 21.5. The van der Waals surface area contributed by atoms with Crippen LogP contribution in [-0.4, -0.2) is 11.9 Å². The molecule has 0 aliphatic carbocycles. The molecule has 1 unspecified atom stereocenters. The minimum Gasteiger partial charge on any atom is -0.549 e. The predicted molar refractivity (Wildman–Crippen MR) is 42.2 cm³/mol. The molecule has 0 aromatic carbocycles. The van der Waals surface area contributed by atoms with Crippen molar-refractivity contribution in [2.45, 2.75) is 33.6 Å². The first-order valence-electron chi connectivity index (χ1n) is 4.30. The summed E-state index contributed by atoms with van der Waals surface area (Å²) >= 11 is 0. The van der Waals surface area contributed by atoms with E-state index in [1.54, 1.807) is 6.92 Å². The average molecular weight is 232 g/mol. The predicted octanol–water partition coefficient (Wildman–Crippen LogP) is -7.06. The van der Waals surface area contributed by atoms with Crippen LogP contribution in [0.4, 0.5) is 0 Å². The first-order chi connectivity index (χ1) is 5.87. The van der Waals surface area contributed by atoms with Crippen molar-refractivity contribution in [1.29, 1.82) is 0 Å². The molecule has 4 nitrogen and oxygen atoms in total. The number of hydrogen-bond donors (Lipinski definition) is 0. The monoisotopic (exact) mass is 232 g/mol. The zero-order valence-electron chi connectivity index (χ0n) is 10.1. The molecule has 0 bridgehead atoms. The molecular formula is C9H14KLiO4. The third-order valence-corrected chi connectivity index (χ3v) is 2.56. The Morgan fingerprint density at radius 1 is 1.27 bits per heavy atom. The molecule has 0 heterocycles. The van der Waals surface area contributed by atoms with Gasteiger partial charge in [0.2, 0.25) is 0 Å². The maximum Gasteiger partial charge on any atom is 1.00 e. The van der Waals surface area contributed by atoms with Crippen molar-refractivity contribution in [3.8, 4) is 0 Å². The van der Waals surface area contributed by atoms with Gasteiger partial charge in [0.15, 0.2) is 0 Å². The zero-order chi connectivity index (χ0) is 10.6. The second kappa shape index (κ2) is 9.23. The van der Waals surface area contributed by atoms with Crippen LogP contribution < -0.4 is 80.5 Å². The van der Waals surface area contributed by atoms with Gasteiger partial charge in [-0.25, -0.2) is 0 Å². The Labute approximate surface area is 145 Å². The molecule has 0 saturated heterocycles. The molecule has 76 valence electrons. The minimum absolute atomic E-state index is 0. The fourth-order valence-corrected chi connectivity index (χ4v) is 1.21. The van der Waals surface area contributed by atoms with Gasteiger partial charge < -0.3 is 19.8 Å². The maximum atomic E-state index is 10.6. The molecule has 0 amide bonds. The van der Waals surface area contributed by atoms with Crippen LogP contribution in [0.15, 0.2) is 0 Å². The van der Waals surface area contributed by atoms with Gasteiger partial charge in [-0.15, -0.1) is 0 Å². The molecule has 0 aliphatic rings. The zero-order valence-corrected chi connectivity index (χ0v) is 13.2. The Morgan fingerprint density at radius 2 is 1.60 bits per heavy atom. The van der Waals surface area contributed by atoms with Crippen LogP contribution in [0.1, 0.15) is 33.6 Å². The molecule has 0 fully saturated rings. The number of carbonyl (C=O) groups is 2. The van der Waals surface area contributed by atoms with Crippen LogP contribution in [0.25, 0.3) is 0 Å². The Bertz CT molecular complexity index is 206. The number of carbonyl (C=O) groups excluding carboxylic acids is 2. The van der Waals surface area contributed by atoms with E-state index in [1.807, 2.05) is 6.92 Å². The number of rotatable bonds is 5. The number of carboxylic acid groups (broad SMARTS) is 2. The molecule has 1 atom stereocenters. The van der Waals surface area contributed by atoms with E-state index in [0.717, 1.165) is 13.3 Å². The Kier molecular flexibility index (Phi) is 13.2. The molecule has 0 N–H and O–H groups in total. The van der Waals surface area contributed by atoms with Crippen LogP contribution >= 0.6 is 0 Å².